The van der Waals surface area contributed by atoms with Crippen LogP contribution in [0.15, 0.2) is 4.99 Å². The molecule has 4 nitrogen and oxygen atoms in total. The van der Waals surface area contributed by atoms with Crippen LogP contribution < -0.4 is 5.73 Å². The molecular formula is C14H30IN3O. The van der Waals surface area contributed by atoms with Crippen LogP contribution in [0.25, 0.3) is 0 Å². The second-order valence-electron chi connectivity index (χ2n) is 5.10. The number of nitrogens with two attached hydrogens (primary N) is 1. The molecule has 0 saturated carbocycles. The molecule has 0 aromatic heterocycles. The van der Waals surface area contributed by atoms with E-state index < -0.39 is 0 Å². The molecule has 5 heteroatoms. The first-order valence-electron chi connectivity index (χ1n) is 7.40. The Labute approximate surface area is 135 Å². The maximum absolute atomic E-state index is 6.04. The summed E-state index contributed by atoms with van der Waals surface area (Å²) in [5.41, 5.74) is 6.04. The van der Waals surface area contributed by atoms with Gasteiger partial charge in [0.1, 0.15) is 0 Å². The average molecular weight is 383 g/mol. The number of morpholine rings is 1. The molecule has 1 heterocycles. The van der Waals surface area contributed by atoms with E-state index in [1.54, 1.807) is 0 Å². The van der Waals surface area contributed by atoms with Gasteiger partial charge in [0.05, 0.1) is 13.2 Å². The quantitative estimate of drug-likeness (QED) is 0.418. The lowest BCUT2D eigenvalue weighted by Crippen LogP contribution is -2.45. The summed E-state index contributed by atoms with van der Waals surface area (Å²) in [7, 11) is 0. The van der Waals surface area contributed by atoms with Crippen molar-refractivity contribution in [2.24, 2.45) is 16.6 Å². The molecule has 1 rings (SSSR count). The lowest BCUT2D eigenvalue weighted by atomic mass is 9.97. The van der Waals surface area contributed by atoms with Crippen molar-refractivity contribution >= 4 is 29.9 Å². The fourth-order valence-corrected chi connectivity index (χ4v) is 2.34. The highest BCUT2D eigenvalue weighted by Gasteiger charge is 2.13. The minimum absolute atomic E-state index is 0. The van der Waals surface area contributed by atoms with Gasteiger partial charge in [-0.3, -0.25) is 4.99 Å². The first-order valence-corrected chi connectivity index (χ1v) is 7.40. The number of aliphatic imine (C=N–C) groups is 1. The number of hydrogen-bond acceptors (Lipinski definition) is 2. The second-order valence-corrected chi connectivity index (χ2v) is 5.10. The van der Waals surface area contributed by atoms with Gasteiger partial charge < -0.3 is 15.4 Å². The van der Waals surface area contributed by atoms with Gasteiger partial charge in [-0.2, -0.15) is 0 Å². The summed E-state index contributed by atoms with van der Waals surface area (Å²) in [5, 5.41) is 0. The summed E-state index contributed by atoms with van der Waals surface area (Å²) >= 11 is 0. The van der Waals surface area contributed by atoms with Crippen LogP contribution in [0.3, 0.4) is 0 Å². The molecule has 0 aromatic carbocycles. The number of halogens is 1. The average Bonchev–Trinajstić information content (AvgIpc) is 2.42. The summed E-state index contributed by atoms with van der Waals surface area (Å²) in [6.45, 7) is 8.67. The molecule has 114 valence electrons. The van der Waals surface area contributed by atoms with Crippen molar-refractivity contribution in [1.82, 2.24) is 4.90 Å². The molecule has 1 atom stereocenters. The SMILES string of the molecule is CCCCC(CCC)CN=C(N)N1CCOCC1.I. The zero-order chi connectivity index (χ0) is 13.2. The first-order chi connectivity index (χ1) is 8.77. The summed E-state index contributed by atoms with van der Waals surface area (Å²) in [4.78, 5) is 6.72. The molecule has 0 bridgehead atoms. The molecule has 1 aliphatic heterocycles. The Balaban J connectivity index is 0.00000324. The van der Waals surface area contributed by atoms with Crippen LogP contribution in [-0.4, -0.2) is 43.7 Å². The van der Waals surface area contributed by atoms with E-state index in [4.69, 9.17) is 10.5 Å². The fourth-order valence-electron chi connectivity index (χ4n) is 2.34. The number of unbranched alkanes of at least 4 members (excludes halogenated alkanes) is 1. The number of hydrogen-bond donors (Lipinski definition) is 1. The summed E-state index contributed by atoms with van der Waals surface area (Å²) < 4.78 is 5.31. The Morgan fingerprint density at radius 1 is 1.21 bits per heavy atom. The van der Waals surface area contributed by atoms with Crippen molar-refractivity contribution in [3.05, 3.63) is 0 Å². The number of rotatable bonds is 7. The van der Waals surface area contributed by atoms with Crippen molar-refractivity contribution in [3.8, 4) is 0 Å². The Hall–Kier alpha value is -0.0400. The maximum atomic E-state index is 6.04. The van der Waals surface area contributed by atoms with E-state index in [0.717, 1.165) is 32.8 Å². The van der Waals surface area contributed by atoms with Crippen LogP contribution in [0.1, 0.15) is 46.0 Å². The largest absolute Gasteiger partial charge is 0.378 e. The fraction of sp³-hybridized carbons (Fsp3) is 0.929. The Morgan fingerprint density at radius 2 is 1.89 bits per heavy atom. The molecule has 0 aliphatic carbocycles. The molecule has 0 spiro atoms. The van der Waals surface area contributed by atoms with Crippen molar-refractivity contribution in [3.63, 3.8) is 0 Å². The molecule has 2 N–H and O–H groups in total. The van der Waals surface area contributed by atoms with Gasteiger partial charge in [0, 0.05) is 19.6 Å². The lowest BCUT2D eigenvalue weighted by Gasteiger charge is -2.28. The molecule has 1 saturated heterocycles. The predicted molar refractivity (Wildman–Crippen MR) is 92.2 cm³/mol. The van der Waals surface area contributed by atoms with Crippen LogP contribution in [0.5, 0.6) is 0 Å². The monoisotopic (exact) mass is 383 g/mol. The van der Waals surface area contributed by atoms with Gasteiger partial charge in [-0.15, -0.1) is 24.0 Å². The van der Waals surface area contributed by atoms with Crippen molar-refractivity contribution in [2.45, 2.75) is 46.0 Å². The molecule has 1 fully saturated rings. The van der Waals surface area contributed by atoms with E-state index in [1.165, 1.54) is 32.1 Å². The standard InChI is InChI=1S/C14H29N3O.HI/c1-3-5-7-13(6-4-2)12-16-14(15)17-8-10-18-11-9-17;/h13H,3-12H2,1-2H3,(H2,15,16);1H. The Kier molecular flexibility index (Phi) is 11.7. The normalized spacial score (nSPS) is 18.0. The third-order valence-corrected chi connectivity index (χ3v) is 3.51. The number of nitrogens with zero attached hydrogens (tertiary/aromatic N) is 2. The van der Waals surface area contributed by atoms with Crippen LogP contribution >= 0.6 is 24.0 Å². The van der Waals surface area contributed by atoms with E-state index in [-0.39, 0.29) is 24.0 Å². The zero-order valence-corrected chi connectivity index (χ0v) is 14.8. The van der Waals surface area contributed by atoms with Crippen LogP contribution in [0.2, 0.25) is 0 Å². The van der Waals surface area contributed by atoms with Crippen LogP contribution in [0, 0.1) is 5.92 Å². The topological polar surface area (TPSA) is 50.8 Å². The third-order valence-electron chi connectivity index (χ3n) is 3.51. The molecular weight excluding hydrogens is 353 g/mol. The van der Waals surface area contributed by atoms with E-state index in [9.17, 15) is 0 Å². The van der Waals surface area contributed by atoms with Crippen molar-refractivity contribution in [1.29, 1.82) is 0 Å². The highest BCUT2D eigenvalue weighted by molar-refractivity contribution is 14.0. The van der Waals surface area contributed by atoms with Crippen LogP contribution in [-0.2, 0) is 4.74 Å². The minimum atomic E-state index is 0. The van der Waals surface area contributed by atoms with Gasteiger partial charge in [0.15, 0.2) is 5.96 Å². The summed E-state index contributed by atoms with van der Waals surface area (Å²) in [5.74, 6) is 1.41. The van der Waals surface area contributed by atoms with Gasteiger partial charge in [-0.1, -0.05) is 33.1 Å². The zero-order valence-electron chi connectivity index (χ0n) is 12.4. The van der Waals surface area contributed by atoms with Gasteiger partial charge in [0.25, 0.3) is 0 Å². The van der Waals surface area contributed by atoms with Gasteiger partial charge in [-0.05, 0) is 18.8 Å². The van der Waals surface area contributed by atoms with Gasteiger partial charge in [0.2, 0.25) is 0 Å². The summed E-state index contributed by atoms with van der Waals surface area (Å²) in [6, 6.07) is 0. The third kappa shape index (κ3) is 7.97. The van der Waals surface area contributed by atoms with Crippen molar-refractivity contribution < 1.29 is 4.74 Å². The van der Waals surface area contributed by atoms with E-state index >= 15 is 0 Å². The van der Waals surface area contributed by atoms with Gasteiger partial charge in [-0.25, -0.2) is 0 Å². The maximum Gasteiger partial charge on any atom is 0.191 e. The van der Waals surface area contributed by atoms with E-state index in [1.807, 2.05) is 0 Å². The predicted octanol–water partition coefficient (Wildman–Crippen LogP) is 2.86. The summed E-state index contributed by atoms with van der Waals surface area (Å²) in [6.07, 6.45) is 6.35. The molecule has 1 aliphatic rings. The highest BCUT2D eigenvalue weighted by atomic mass is 127. The number of ether oxygens (including phenoxy) is 1. The van der Waals surface area contributed by atoms with E-state index in [2.05, 4.69) is 23.7 Å². The first kappa shape index (κ1) is 19.0. The highest BCUT2D eigenvalue weighted by Crippen LogP contribution is 2.15. The van der Waals surface area contributed by atoms with Crippen LogP contribution in [0.4, 0.5) is 0 Å². The molecule has 1 unspecified atom stereocenters. The Morgan fingerprint density at radius 3 is 2.47 bits per heavy atom. The smallest absolute Gasteiger partial charge is 0.191 e. The molecule has 0 amide bonds. The number of guanidine groups is 1. The Bertz CT molecular complexity index is 243. The van der Waals surface area contributed by atoms with Gasteiger partial charge >= 0.3 is 0 Å². The minimum Gasteiger partial charge on any atom is -0.378 e. The van der Waals surface area contributed by atoms with Crippen molar-refractivity contribution in [2.75, 3.05) is 32.8 Å². The second kappa shape index (κ2) is 11.8. The molecule has 0 radical (unpaired) electrons. The molecule has 19 heavy (non-hydrogen) atoms. The molecule has 0 aromatic rings. The lowest BCUT2D eigenvalue weighted by molar-refractivity contribution is 0.0674. The van der Waals surface area contributed by atoms with E-state index in [0.29, 0.717) is 11.9 Å².